The molecular weight excluding hydrogens is 468 g/mol. The summed E-state index contributed by atoms with van der Waals surface area (Å²) in [5, 5.41) is 11.8. The number of furan rings is 1. The normalized spacial score (nSPS) is 15.0. The lowest BCUT2D eigenvalue weighted by Gasteiger charge is -2.29. The maximum Gasteiger partial charge on any atom is 0.337 e. The monoisotopic (exact) mass is 482 g/mol. The number of rotatable bonds is 5. The highest BCUT2D eigenvalue weighted by atomic mass is 35.5. The Morgan fingerprint density at radius 1 is 1.18 bits per heavy atom. The highest BCUT2D eigenvalue weighted by Gasteiger charge is 2.36. The maximum absolute atomic E-state index is 13.2. The lowest BCUT2D eigenvalue weighted by atomic mass is 10.1. The van der Waals surface area contributed by atoms with Gasteiger partial charge in [0.15, 0.2) is 5.11 Å². The zero-order valence-corrected chi connectivity index (χ0v) is 18.6. The number of thiocarbonyl (C=S) groups is 1. The van der Waals surface area contributed by atoms with E-state index in [0.717, 1.165) is 0 Å². The van der Waals surface area contributed by atoms with Gasteiger partial charge in [0.25, 0.3) is 11.8 Å². The van der Waals surface area contributed by atoms with Crippen LogP contribution in [-0.4, -0.2) is 35.1 Å². The minimum Gasteiger partial charge on any atom is -0.495 e. The number of carboxylic acid groups (broad SMARTS) is 1. The number of halogens is 1. The molecule has 2 aromatic carbocycles. The summed E-state index contributed by atoms with van der Waals surface area (Å²) in [6.07, 6.45) is 1.29. The molecular formula is C23H15ClN2O6S. The van der Waals surface area contributed by atoms with Gasteiger partial charge in [-0.05, 0) is 60.8 Å². The van der Waals surface area contributed by atoms with Crippen molar-refractivity contribution < 1.29 is 28.6 Å². The fraction of sp³-hybridized carbons (Fsp3) is 0.0435. The third kappa shape index (κ3) is 4.23. The minimum atomic E-state index is -1.17. The van der Waals surface area contributed by atoms with Crippen LogP contribution in [0.2, 0.25) is 5.02 Å². The Bertz CT molecular complexity index is 1350. The highest BCUT2D eigenvalue weighted by molar-refractivity contribution is 7.80. The summed E-state index contributed by atoms with van der Waals surface area (Å²) < 4.78 is 11.0. The van der Waals surface area contributed by atoms with Crippen LogP contribution >= 0.6 is 23.8 Å². The molecule has 33 heavy (non-hydrogen) atoms. The second kappa shape index (κ2) is 8.89. The average molecular weight is 483 g/mol. The number of carbonyl (C=O) groups excluding carboxylic acids is 2. The van der Waals surface area contributed by atoms with E-state index in [2.05, 4.69) is 5.32 Å². The summed E-state index contributed by atoms with van der Waals surface area (Å²) in [6.45, 7) is 0. The van der Waals surface area contributed by atoms with Crippen molar-refractivity contribution >= 4 is 58.5 Å². The van der Waals surface area contributed by atoms with Crippen molar-refractivity contribution in [3.63, 3.8) is 0 Å². The summed E-state index contributed by atoms with van der Waals surface area (Å²) in [5.41, 5.74) is 0.576. The van der Waals surface area contributed by atoms with E-state index in [9.17, 15) is 19.5 Å². The van der Waals surface area contributed by atoms with Gasteiger partial charge in [-0.25, -0.2) is 9.69 Å². The van der Waals surface area contributed by atoms with Crippen LogP contribution in [0, 0.1) is 0 Å². The molecule has 166 valence electrons. The summed E-state index contributed by atoms with van der Waals surface area (Å²) in [6, 6.07) is 14.3. The average Bonchev–Trinajstić information content (AvgIpc) is 3.25. The Morgan fingerprint density at radius 2 is 1.94 bits per heavy atom. The number of para-hydroxylation sites is 2. The highest BCUT2D eigenvalue weighted by Crippen LogP contribution is 2.32. The number of methoxy groups -OCH3 is 1. The van der Waals surface area contributed by atoms with E-state index in [-0.39, 0.29) is 27.0 Å². The van der Waals surface area contributed by atoms with Crippen molar-refractivity contribution in [2.75, 3.05) is 12.0 Å². The molecule has 1 aromatic heterocycles. The number of carbonyl (C=O) groups is 3. The van der Waals surface area contributed by atoms with Crippen LogP contribution in [-0.2, 0) is 9.59 Å². The van der Waals surface area contributed by atoms with Gasteiger partial charge in [0.2, 0.25) is 0 Å². The van der Waals surface area contributed by atoms with Crippen molar-refractivity contribution in [3.05, 3.63) is 76.5 Å². The Balaban J connectivity index is 1.69. The molecule has 2 amide bonds. The number of hydrogen-bond acceptors (Lipinski definition) is 6. The summed E-state index contributed by atoms with van der Waals surface area (Å²) in [7, 11) is 1.46. The molecule has 8 nitrogen and oxygen atoms in total. The minimum absolute atomic E-state index is 0.0749. The van der Waals surface area contributed by atoms with Gasteiger partial charge in [0.05, 0.1) is 23.4 Å². The standard InChI is InChI=1S/C23H15ClN2O6S/c1-31-19-5-3-2-4-17(19)26-21(28)15(20(27)25-23(26)33)11-13-7-9-18(32-13)12-6-8-16(24)14(10-12)22(29)30/h2-11H,1H3,(H,29,30)(H,25,27,33)/b15-11+. The van der Waals surface area contributed by atoms with Gasteiger partial charge in [-0.15, -0.1) is 0 Å². The van der Waals surface area contributed by atoms with E-state index in [4.69, 9.17) is 33.0 Å². The molecule has 0 spiro atoms. The Morgan fingerprint density at radius 3 is 2.67 bits per heavy atom. The molecule has 1 aliphatic rings. The number of benzene rings is 2. The smallest absolute Gasteiger partial charge is 0.337 e. The van der Waals surface area contributed by atoms with Crippen LogP contribution in [0.5, 0.6) is 5.75 Å². The van der Waals surface area contributed by atoms with E-state index >= 15 is 0 Å². The van der Waals surface area contributed by atoms with Crippen molar-refractivity contribution in [1.82, 2.24) is 5.32 Å². The number of hydrogen-bond donors (Lipinski definition) is 2. The second-order valence-electron chi connectivity index (χ2n) is 6.83. The molecule has 0 unspecified atom stereocenters. The first-order chi connectivity index (χ1) is 15.8. The quantitative estimate of drug-likeness (QED) is 0.319. The number of amides is 2. The first kappa shape index (κ1) is 22.3. The molecule has 0 bridgehead atoms. The molecule has 2 heterocycles. The molecule has 10 heteroatoms. The second-order valence-corrected chi connectivity index (χ2v) is 7.63. The first-order valence-electron chi connectivity index (χ1n) is 9.47. The molecule has 0 aliphatic carbocycles. The molecule has 1 aliphatic heterocycles. The zero-order valence-electron chi connectivity index (χ0n) is 17.0. The Kier molecular flexibility index (Phi) is 5.99. The van der Waals surface area contributed by atoms with Gasteiger partial charge in [-0.1, -0.05) is 23.7 Å². The number of nitrogens with zero attached hydrogens (tertiary/aromatic N) is 1. The SMILES string of the molecule is COc1ccccc1N1C(=O)/C(=C/c2ccc(-c3ccc(Cl)c(C(=O)O)c3)o2)C(=O)NC1=S. The largest absolute Gasteiger partial charge is 0.495 e. The van der Waals surface area contributed by atoms with E-state index in [1.807, 2.05) is 0 Å². The molecule has 4 rings (SSSR count). The number of nitrogens with one attached hydrogen (secondary N) is 1. The number of ether oxygens (including phenoxy) is 1. The third-order valence-corrected chi connectivity index (χ3v) is 5.44. The molecule has 1 saturated heterocycles. The summed E-state index contributed by atoms with van der Waals surface area (Å²) in [4.78, 5) is 38.2. The van der Waals surface area contributed by atoms with Gasteiger partial charge < -0.3 is 14.3 Å². The van der Waals surface area contributed by atoms with Gasteiger partial charge in [-0.2, -0.15) is 0 Å². The lowest BCUT2D eigenvalue weighted by Crippen LogP contribution is -2.54. The zero-order chi connectivity index (χ0) is 23.7. The fourth-order valence-electron chi connectivity index (χ4n) is 3.26. The summed E-state index contributed by atoms with van der Waals surface area (Å²) in [5.74, 6) is -1.54. The van der Waals surface area contributed by atoms with Gasteiger partial charge in [0.1, 0.15) is 22.8 Å². The van der Waals surface area contributed by atoms with Crippen LogP contribution in [0.1, 0.15) is 16.1 Å². The van der Waals surface area contributed by atoms with E-state index < -0.39 is 17.8 Å². The predicted molar refractivity (Wildman–Crippen MR) is 125 cm³/mol. The molecule has 1 fully saturated rings. The van der Waals surface area contributed by atoms with E-state index in [1.165, 1.54) is 30.2 Å². The van der Waals surface area contributed by atoms with Crippen LogP contribution < -0.4 is 15.0 Å². The number of anilines is 1. The maximum atomic E-state index is 13.2. The lowest BCUT2D eigenvalue weighted by molar-refractivity contribution is -0.122. The van der Waals surface area contributed by atoms with E-state index in [0.29, 0.717) is 22.8 Å². The van der Waals surface area contributed by atoms with Gasteiger partial charge in [-0.3, -0.25) is 14.9 Å². The van der Waals surface area contributed by atoms with Gasteiger partial charge >= 0.3 is 5.97 Å². The van der Waals surface area contributed by atoms with Crippen molar-refractivity contribution in [1.29, 1.82) is 0 Å². The summed E-state index contributed by atoms with van der Waals surface area (Å²) >= 11 is 11.1. The molecule has 0 saturated carbocycles. The molecule has 0 atom stereocenters. The molecule has 0 radical (unpaired) electrons. The third-order valence-electron chi connectivity index (χ3n) is 4.82. The Labute approximate surface area is 198 Å². The first-order valence-corrected chi connectivity index (χ1v) is 10.3. The molecule has 3 aromatic rings. The van der Waals surface area contributed by atoms with Crippen molar-refractivity contribution in [2.24, 2.45) is 0 Å². The predicted octanol–water partition coefficient (Wildman–Crippen LogP) is 4.14. The topological polar surface area (TPSA) is 109 Å². The Hall–Kier alpha value is -3.95. The fourth-order valence-corrected chi connectivity index (χ4v) is 3.73. The van der Waals surface area contributed by atoms with Crippen molar-refractivity contribution in [3.8, 4) is 17.1 Å². The van der Waals surface area contributed by atoms with Crippen LogP contribution in [0.25, 0.3) is 17.4 Å². The van der Waals surface area contributed by atoms with Gasteiger partial charge in [0, 0.05) is 5.56 Å². The number of carboxylic acids is 1. The van der Waals surface area contributed by atoms with Crippen molar-refractivity contribution in [2.45, 2.75) is 0 Å². The van der Waals surface area contributed by atoms with Crippen LogP contribution in [0.15, 0.2) is 64.6 Å². The van der Waals surface area contributed by atoms with E-state index in [1.54, 1.807) is 42.5 Å². The molecule has 2 N–H and O–H groups in total. The van der Waals surface area contributed by atoms with Crippen LogP contribution in [0.4, 0.5) is 5.69 Å². The number of aromatic carboxylic acids is 1. The van der Waals surface area contributed by atoms with Crippen LogP contribution in [0.3, 0.4) is 0 Å².